The summed E-state index contributed by atoms with van der Waals surface area (Å²) in [5, 5.41) is 5.19. The molecule has 0 aromatic heterocycles. The van der Waals surface area contributed by atoms with Crippen LogP contribution in [0.5, 0.6) is 0 Å². The molecule has 0 saturated carbocycles. The van der Waals surface area contributed by atoms with E-state index >= 15 is 0 Å². The third-order valence-corrected chi connectivity index (χ3v) is 1.38. The summed E-state index contributed by atoms with van der Waals surface area (Å²) in [6.07, 6.45) is 6.09. The lowest BCUT2D eigenvalue weighted by molar-refractivity contribution is 0.999. The van der Waals surface area contributed by atoms with Crippen LogP contribution in [0.4, 0.5) is 0 Å². The van der Waals surface area contributed by atoms with Crippen LogP contribution in [-0.2, 0) is 0 Å². The fraction of sp³-hybridized carbons (Fsp3) is 0.571. The maximum atomic E-state index is 5.19. The quantitative estimate of drug-likeness (QED) is 0.503. The lowest BCUT2D eigenvalue weighted by Crippen LogP contribution is -1.91. The van der Waals surface area contributed by atoms with Crippen molar-refractivity contribution < 1.29 is 0 Å². The van der Waals surface area contributed by atoms with Crippen molar-refractivity contribution in [2.75, 3.05) is 0 Å². The molecule has 2 N–H and O–H groups in total. The lowest BCUT2D eigenvalue weighted by Gasteiger charge is -1.94. The highest BCUT2D eigenvalue weighted by molar-refractivity contribution is 7.95. The van der Waals surface area contributed by atoms with Crippen molar-refractivity contribution in [3.63, 3.8) is 0 Å². The van der Waals surface area contributed by atoms with E-state index in [1.807, 2.05) is 19.1 Å². The molecule has 0 atom stereocenters. The first-order valence-electron chi connectivity index (χ1n) is 3.40. The Kier molecular flexibility index (Phi) is 6.64. The monoisotopic (exact) mass is 158 g/mol. The van der Waals surface area contributed by atoms with Crippen LogP contribution in [0.15, 0.2) is 16.5 Å². The lowest BCUT2D eigenvalue weighted by atomic mass is 10.2. The standard InChI is InChI=1S/C7H14N2S/c1-3-5-7(6-4-2)9-10-8/h3,5H,4,6,8H2,1-2H3/b5-3-,9-7?. The van der Waals surface area contributed by atoms with Gasteiger partial charge < -0.3 is 0 Å². The largest absolute Gasteiger partial charge is 0.258 e. The van der Waals surface area contributed by atoms with E-state index in [1.165, 1.54) is 0 Å². The van der Waals surface area contributed by atoms with Crippen LogP contribution in [0.2, 0.25) is 0 Å². The van der Waals surface area contributed by atoms with Crippen molar-refractivity contribution in [1.82, 2.24) is 0 Å². The molecule has 0 rings (SSSR count). The molecule has 0 amide bonds. The molecule has 0 aliphatic carbocycles. The van der Waals surface area contributed by atoms with Crippen LogP contribution in [0.25, 0.3) is 0 Å². The first-order chi connectivity index (χ1) is 4.85. The average molecular weight is 158 g/mol. The molecular formula is C7H14N2S. The maximum absolute atomic E-state index is 5.19. The van der Waals surface area contributed by atoms with Crippen LogP contribution in [0, 0.1) is 0 Å². The Hall–Kier alpha value is -0.280. The Morgan fingerprint density at radius 1 is 1.70 bits per heavy atom. The molecule has 0 saturated heterocycles. The SMILES string of the molecule is C/C=C\C(CCC)=NSN. The number of nitrogens with zero attached hydrogens (tertiary/aromatic N) is 1. The number of rotatable bonds is 4. The van der Waals surface area contributed by atoms with Gasteiger partial charge in [0.15, 0.2) is 0 Å². The summed E-state index contributed by atoms with van der Waals surface area (Å²) < 4.78 is 4.03. The molecule has 0 aliphatic heterocycles. The molecule has 3 heteroatoms. The van der Waals surface area contributed by atoms with Gasteiger partial charge in [0.25, 0.3) is 0 Å². The minimum atomic E-state index is 1.01. The van der Waals surface area contributed by atoms with E-state index in [1.54, 1.807) is 0 Å². The second-order valence-corrected chi connectivity index (χ2v) is 2.33. The molecule has 10 heavy (non-hydrogen) atoms. The highest BCUT2D eigenvalue weighted by Gasteiger charge is 1.89. The molecule has 0 aromatic carbocycles. The van der Waals surface area contributed by atoms with Gasteiger partial charge in [-0.3, -0.25) is 5.14 Å². The smallest absolute Gasteiger partial charge is 0.0558 e. The van der Waals surface area contributed by atoms with Crippen LogP contribution in [0.1, 0.15) is 26.7 Å². The Bertz CT molecular complexity index is 130. The fourth-order valence-electron chi connectivity index (χ4n) is 0.676. The molecule has 2 nitrogen and oxygen atoms in total. The highest BCUT2D eigenvalue weighted by atomic mass is 32.2. The van der Waals surface area contributed by atoms with E-state index in [0.29, 0.717) is 0 Å². The van der Waals surface area contributed by atoms with Gasteiger partial charge in [0.05, 0.1) is 12.1 Å². The normalized spacial score (nSPS) is 12.9. The number of hydrogen-bond acceptors (Lipinski definition) is 3. The summed E-state index contributed by atoms with van der Waals surface area (Å²) in [5.41, 5.74) is 1.07. The van der Waals surface area contributed by atoms with Gasteiger partial charge in [0, 0.05) is 5.71 Å². The molecule has 0 radical (unpaired) electrons. The zero-order valence-electron chi connectivity index (χ0n) is 6.50. The predicted octanol–water partition coefficient (Wildman–Crippen LogP) is 2.33. The number of allylic oxidation sites excluding steroid dienone is 2. The van der Waals surface area contributed by atoms with Gasteiger partial charge in [0.1, 0.15) is 0 Å². The van der Waals surface area contributed by atoms with Crippen molar-refractivity contribution in [3.8, 4) is 0 Å². The van der Waals surface area contributed by atoms with Gasteiger partial charge in [-0.15, -0.1) is 0 Å². The summed E-state index contributed by atoms with van der Waals surface area (Å²) in [7, 11) is 0. The third kappa shape index (κ3) is 4.58. The van der Waals surface area contributed by atoms with E-state index in [9.17, 15) is 0 Å². The zero-order valence-corrected chi connectivity index (χ0v) is 7.32. The Balaban J connectivity index is 3.84. The van der Waals surface area contributed by atoms with Crippen molar-refractivity contribution in [2.24, 2.45) is 9.54 Å². The van der Waals surface area contributed by atoms with E-state index in [4.69, 9.17) is 5.14 Å². The maximum Gasteiger partial charge on any atom is 0.0558 e. The van der Waals surface area contributed by atoms with Gasteiger partial charge in [-0.1, -0.05) is 19.4 Å². The van der Waals surface area contributed by atoms with Crippen molar-refractivity contribution in [1.29, 1.82) is 0 Å². The molecule has 0 aliphatic rings. The van der Waals surface area contributed by atoms with Crippen molar-refractivity contribution in [3.05, 3.63) is 12.2 Å². The average Bonchev–Trinajstić information content (AvgIpc) is 1.90. The second kappa shape index (κ2) is 6.83. The molecule has 0 bridgehead atoms. The van der Waals surface area contributed by atoms with E-state index in [0.717, 1.165) is 30.7 Å². The zero-order chi connectivity index (χ0) is 7.82. The summed E-state index contributed by atoms with van der Waals surface area (Å²) >= 11 is 1.03. The third-order valence-electron chi connectivity index (χ3n) is 1.04. The molecule has 0 fully saturated rings. The van der Waals surface area contributed by atoms with Gasteiger partial charge in [-0.05, 0) is 19.4 Å². The van der Waals surface area contributed by atoms with E-state index in [-0.39, 0.29) is 0 Å². The molecule has 0 unspecified atom stereocenters. The van der Waals surface area contributed by atoms with E-state index in [2.05, 4.69) is 11.3 Å². The van der Waals surface area contributed by atoms with Gasteiger partial charge in [0.2, 0.25) is 0 Å². The minimum absolute atomic E-state index is 1.01. The minimum Gasteiger partial charge on any atom is -0.258 e. The van der Waals surface area contributed by atoms with Gasteiger partial charge in [-0.2, -0.15) is 0 Å². The summed E-state index contributed by atoms with van der Waals surface area (Å²) in [6, 6.07) is 0. The van der Waals surface area contributed by atoms with Crippen LogP contribution < -0.4 is 5.14 Å². The number of hydrogen-bond donors (Lipinski definition) is 1. The molecule has 58 valence electrons. The number of nitrogens with two attached hydrogens (primary N) is 1. The fourth-order valence-corrected chi connectivity index (χ4v) is 0.963. The van der Waals surface area contributed by atoms with Crippen LogP contribution in [-0.4, -0.2) is 5.71 Å². The van der Waals surface area contributed by atoms with Gasteiger partial charge >= 0.3 is 0 Å². The topological polar surface area (TPSA) is 38.4 Å². The Labute approximate surface area is 66.9 Å². The van der Waals surface area contributed by atoms with Crippen LogP contribution >= 0.6 is 12.1 Å². The Morgan fingerprint density at radius 3 is 2.80 bits per heavy atom. The Morgan fingerprint density at radius 2 is 2.40 bits per heavy atom. The summed E-state index contributed by atoms with van der Waals surface area (Å²) in [6.45, 7) is 4.10. The molecule has 0 spiro atoms. The highest BCUT2D eigenvalue weighted by Crippen LogP contribution is 1.99. The molecule has 0 heterocycles. The van der Waals surface area contributed by atoms with Crippen LogP contribution in [0.3, 0.4) is 0 Å². The predicted molar refractivity (Wildman–Crippen MR) is 48.9 cm³/mol. The first-order valence-corrected chi connectivity index (χ1v) is 4.24. The van der Waals surface area contributed by atoms with Gasteiger partial charge in [-0.25, -0.2) is 4.40 Å². The summed E-state index contributed by atoms with van der Waals surface area (Å²) in [5.74, 6) is 0. The van der Waals surface area contributed by atoms with Crippen molar-refractivity contribution >= 4 is 17.8 Å². The summed E-state index contributed by atoms with van der Waals surface area (Å²) in [4.78, 5) is 0. The van der Waals surface area contributed by atoms with E-state index < -0.39 is 0 Å². The molecular weight excluding hydrogens is 144 g/mol. The molecule has 0 aromatic rings. The van der Waals surface area contributed by atoms with Crippen molar-refractivity contribution in [2.45, 2.75) is 26.7 Å². The first kappa shape index (κ1) is 9.72. The second-order valence-electron chi connectivity index (χ2n) is 1.94.